The zero-order chi connectivity index (χ0) is 18.5. The molecule has 3 aromatic rings. The molecule has 132 valence electrons. The molecule has 1 aromatic heterocycles. The van der Waals surface area contributed by atoms with Crippen LogP contribution in [0.1, 0.15) is 10.4 Å². The van der Waals surface area contributed by atoms with Crippen LogP contribution >= 0.6 is 11.6 Å². The standard InChI is InChI=1S/C19H15ClFN3O2/c1-26-17-6-5-13(20)10-16(17)24-18-9-12(7-8-22-18)19(25)23-15-4-2-3-14(21)11-15/h2-11H,1H3,(H,22,24)(H,23,25). The van der Waals surface area contributed by atoms with E-state index < -0.39 is 5.82 Å². The molecule has 2 aromatic carbocycles. The van der Waals surface area contributed by atoms with Crippen LogP contribution in [0.5, 0.6) is 5.75 Å². The fourth-order valence-corrected chi connectivity index (χ4v) is 2.50. The molecule has 5 nitrogen and oxygen atoms in total. The summed E-state index contributed by atoms with van der Waals surface area (Å²) in [4.78, 5) is 16.6. The third kappa shape index (κ3) is 4.29. The van der Waals surface area contributed by atoms with Crippen molar-refractivity contribution < 1.29 is 13.9 Å². The van der Waals surface area contributed by atoms with Gasteiger partial charge in [0.05, 0.1) is 12.8 Å². The van der Waals surface area contributed by atoms with E-state index in [1.807, 2.05) is 0 Å². The summed E-state index contributed by atoms with van der Waals surface area (Å²) in [6.45, 7) is 0. The van der Waals surface area contributed by atoms with Gasteiger partial charge in [0.15, 0.2) is 0 Å². The summed E-state index contributed by atoms with van der Waals surface area (Å²) in [6.07, 6.45) is 1.50. The van der Waals surface area contributed by atoms with Gasteiger partial charge in [0.25, 0.3) is 5.91 Å². The average Bonchev–Trinajstić information content (AvgIpc) is 2.62. The number of carbonyl (C=O) groups is 1. The van der Waals surface area contributed by atoms with Gasteiger partial charge in [-0.15, -0.1) is 0 Å². The second kappa shape index (κ2) is 7.84. The summed E-state index contributed by atoms with van der Waals surface area (Å²) in [5.74, 6) is 0.232. The predicted molar refractivity (Wildman–Crippen MR) is 99.9 cm³/mol. The highest BCUT2D eigenvalue weighted by molar-refractivity contribution is 6.31. The monoisotopic (exact) mass is 371 g/mol. The van der Waals surface area contributed by atoms with E-state index in [1.165, 1.54) is 24.4 Å². The van der Waals surface area contributed by atoms with Crippen LogP contribution in [-0.2, 0) is 0 Å². The summed E-state index contributed by atoms with van der Waals surface area (Å²) in [6, 6.07) is 14.0. The largest absolute Gasteiger partial charge is 0.495 e. The van der Waals surface area contributed by atoms with Gasteiger partial charge in [-0.3, -0.25) is 4.79 Å². The number of aromatic nitrogens is 1. The third-order valence-corrected chi connectivity index (χ3v) is 3.76. The van der Waals surface area contributed by atoms with Crippen molar-refractivity contribution in [2.45, 2.75) is 0 Å². The van der Waals surface area contributed by atoms with Gasteiger partial charge in [0.2, 0.25) is 0 Å². The van der Waals surface area contributed by atoms with Crippen molar-refractivity contribution in [2.75, 3.05) is 17.7 Å². The number of nitrogens with zero attached hydrogens (tertiary/aromatic N) is 1. The number of hydrogen-bond donors (Lipinski definition) is 2. The van der Waals surface area contributed by atoms with Gasteiger partial charge in [-0.05, 0) is 48.5 Å². The van der Waals surface area contributed by atoms with Crippen molar-refractivity contribution >= 4 is 34.7 Å². The molecule has 0 fully saturated rings. The molecule has 0 aliphatic heterocycles. The number of ether oxygens (including phenoxy) is 1. The molecule has 0 bridgehead atoms. The number of pyridine rings is 1. The van der Waals surface area contributed by atoms with Gasteiger partial charge >= 0.3 is 0 Å². The number of benzene rings is 2. The van der Waals surface area contributed by atoms with Crippen LogP contribution in [0, 0.1) is 5.82 Å². The van der Waals surface area contributed by atoms with E-state index in [0.717, 1.165) is 0 Å². The summed E-state index contributed by atoms with van der Waals surface area (Å²) in [7, 11) is 1.55. The number of halogens is 2. The van der Waals surface area contributed by atoms with Crippen molar-refractivity contribution in [3.05, 3.63) is 77.2 Å². The lowest BCUT2D eigenvalue weighted by Crippen LogP contribution is -2.12. The van der Waals surface area contributed by atoms with Crippen molar-refractivity contribution in [3.8, 4) is 5.75 Å². The van der Waals surface area contributed by atoms with Gasteiger partial charge in [-0.25, -0.2) is 9.37 Å². The molecule has 2 N–H and O–H groups in total. The molecule has 0 unspecified atom stereocenters. The molecule has 7 heteroatoms. The first-order valence-electron chi connectivity index (χ1n) is 7.69. The van der Waals surface area contributed by atoms with E-state index in [2.05, 4.69) is 15.6 Å². The first-order valence-corrected chi connectivity index (χ1v) is 8.06. The Hall–Kier alpha value is -3.12. The van der Waals surface area contributed by atoms with Crippen LogP contribution in [-0.4, -0.2) is 18.0 Å². The second-order valence-corrected chi connectivity index (χ2v) is 5.80. The number of nitrogens with one attached hydrogen (secondary N) is 2. The molecular formula is C19H15ClFN3O2. The number of amides is 1. The molecule has 0 spiro atoms. The highest BCUT2D eigenvalue weighted by atomic mass is 35.5. The Balaban J connectivity index is 1.80. The first kappa shape index (κ1) is 17.7. The Bertz CT molecular complexity index is 950. The third-order valence-electron chi connectivity index (χ3n) is 3.53. The fraction of sp³-hybridized carbons (Fsp3) is 0.0526. The summed E-state index contributed by atoms with van der Waals surface area (Å²) in [5.41, 5.74) is 1.36. The lowest BCUT2D eigenvalue weighted by atomic mass is 10.2. The van der Waals surface area contributed by atoms with Crippen LogP contribution in [0.2, 0.25) is 5.02 Å². The second-order valence-electron chi connectivity index (χ2n) is 5.36. The van der Waals surface area contributed by atoms with E-state index >= 15 is 0 Å². The summed E-state index contributed by atoms with van der Waals surface area (Å²) >= 11 is 6.01. The maximum Gasteiger partial charge on any atom is 0.255 e. The predicted octanol–water partition coefficient (Wildman–Crippen LogP) is 4.88. The van der Waals surface area contributed by atoms with E-state index in [1.54, 1.807) is 43.5 Å². The Kier molecular flexibility index (Phi) is 5.34. The first-order chi connectivity index (χ1) is 12.5. The molecule has 0 aliphatic rings. The molecule has 3 rings (SSSR count). The van der Waals surface area contributed by atoms with Gasteiger partial charge in [-0.2, -0.15) is 0 Å². The topological polar surface area (TPSA) is 63.2 Å². The van der Waals surface area contributed by atoms with Gasteiger partial charge in [0, 0.05) is 22.5 Å². The van der Waals surface area contributed by atoms with Crippen molar-refractivity contribution in [1.29, 1.82) is 0 Å². The Morgan fingerprint density at radius 1 is 1.15 bits per heavy atom. The number of carbonyl (C=O) groups excluding carboxylic acids is 1. The van der Waals surface area contributed by atoms with Crippen LogP contribution in [0.15, 0.2) is 60.8 Å². The van der Waals surface area contributed by atoms with Crippen molar-refractivity contribution in [2.24, 2.45) is 0 Å². The molecule has 1 heterocycles. The number of methoxy groups -OCH3 is 1. The van der Waals surface area contributed by atoms with E-state index in [-0.39, 0.29) is 5.91 Å². The molecule has 0 saturated heterocycles. The van der Waals surface area contributed by atoms with Gasteiger partial charge < -0.3 is 15.4 Å². The van der Waals surface area contributed by atoms with Gasteiger partial charge in [-0.1, -0.05) is 17.7 Å². The molecule has 0 radical (unpaired) electrons. The van der Waals surface area contributed by atoms with E-state index in [4.69, 9.17) is 16.3 Å². The summed E-state index contributed by atoms with van der Waals surface area (Å²) < 4.78 is 18.5. The fourth-order valence-electron chi connectivity index (χ4n) is 2.33. The van der Waals surface area contributed by atoms with Crippen molar-refractivity contribution in [1.82, 2.24) is 4.98 Å². The van der Waals surface area contributed by atoms with Gasteiger partial charge in [0.1, 0.15) is 17.4 Å². The minimum atomic E-state index is -0.423. The lowest BCUT2D eigenvalue weighted by molar-refractivity contribution is 0.102. The Morgan fingerprint density at radius 3 is 2.77 bits per heavy atom. The lowest BCUT2D eigenvalue weighted by Gasteiger charge is -2.12. The SMILES string of the molecule is COc1ccc(Cl)cc1Nc1cc(C(=O)Nc2cccc(F)c2)ccn1. The number of hydrogen-bond acceptors (Lipinski definition) is 4. The minimum Gasteiger partial charge on any atom is -0.495 e. The normalized spacial score (nSPS) is 10.3. The number of rotatable bonds is 5. The minimum absolute atomic E-state index is 0.368. The highest BCUT2D eigenvalue weighted by Crippen LogP contribution is 2.30. The van der Waals surface area contributed by atoms with Crippen LogP contribution < -0.4 is 15.4 Å². The van der Waals surface area contributed by atoms with Crippen LogP contribution in [0.25, 0.3) is 0 Å². The smallest absolute Gasteiger partial charge is 0.255 e. The van der Waals surface area contributed by atoms with Crippen LogP contribution in [0.3, 0.4) is 0 Å². The summed E-state index contributed by atoms with van der Waals surface area (Å²) in [5, 5.41) is 6.25. The molecule has 26 heavy (non-hydrogen) atoms. The molecule has 0 aliphatic carbocycles. The zero-order valence-electron chi connectivity index (χ0n) is 13.8. The number of anilines is 3. The Morgan fingerprint density at radius 2 is 2.00 bits per heavy atom. The maximum absolute atomic E-state index is 13.2. The van der Waals surface area contributed by atoms with Crippen molar-refractivity contribution in [3.63, 3.8) is 0 Å². The highest BCUT2D eigenvalue weighted by Gasteiger charge is 2.10. The Labute approximate surface area is 154 Å². The molecule has 0 atom stereocenters. The molecule has 1 amide bonds. The average molecular weight is 372 g/mol. The quantitative estimate of drug-likeness (QED) is 0.671. The van der Waals surface area contributed by atoms with Crippen LogP contribution in [0.4, 0.5) is 21.6 Å². The maximum atomic E-state index is 13.2. The zero-order valence-corrected chi connectivity index (χ0v) is 14.5. The molecular weight excluding hydrogens is 357 g/mol. The molecule has 0 saturated carbocycles. The van der Waals surface area contributed by atoms with E-state index in [9.17, 15) is 9.18 Å². The van der Waals surface area contributed by atoms with E-state index in [0.29, 0.717) is 33.5 Å².